The van der Waals surface area contributed by atoms with Gasteiger partial charge in [0.05, 0.1) is 0 Å². The average molecular weight is 325 g/mol. The molecule has 0 fully saturated rings. The van der Waals surface area contributed by atoms with E-state index in [4.69, 9.17) is 11.6 Å². The standard InChI is InChI=1S/C15H21ClN4S/c1-17-15(19-7-8-21-2)18-6-5-11-10-20-14-4-3-12(16)9-13(11)14/h3-4,9-10,20H,5-8H2,1-2H3,(H2,17,18,19). The van der Waals surface area contributed by atoms with Crippen LogP contribution < -0.4 is 10.6 Å². The van der Waals surface area contributed by atoms with E-state index in [1.54, 1.807) is 7.05 Å². The summed E-state index contributed by atoms with van der Waals surface area (Å²) in [6.45, 7) is 1.75. The van der Waals surface area contributed by atoms with Crippen molar-refractivity contribution in [2.45, 2.75) is 6.42 Å². The van der Waals surface area contributed by atoms with Crippen molar-refractivity contribution in [3.63, 3.8) is 0 Å². The summed E-state index contributed by atoms with van der Waals surface area (Å²) in [7, 11) is 1.79. The van der Waals surface area contributed by atoms with Gasteiger partial charge >= 0.3 is 0 Å². The molecule has 4 nitrogen and oxygen atoms in total. The summed E-state index contributed by atoms with van der Waals surface area (Å²) >= 11 is 7.88. The van der Waals surface area contributed by atoms with Crippen molar-refractivity contribution in [3.05, 3.63) is 35.0 Å². The number of halogens is 1. The van der Waals surface area contributed by atoms with Crippen molar-refractivity contribution in [2.75, 3.05) is 32.1 Å². The number of nitrogens with zero attached hydrogens (tertiary/aromatic N) is 1. The Balaban J connectivity index is 1.88. The van der Waals surface area contributed by atoms with Crippen LogP contribution in [0.5, 0.6) is 0 Å². The van der Waals surface area contributed by atoms with E-state index in [0.717, 1.165) is 41.8 Å². The van der Waals surface area contributed by atoms with Crippen LogP contribution >= 0.6 is 23.4 Å². The minimum absolute atomic E-state index is 0.769. The monoisotopic (exact) mass is 324 g/mol. The molecule has 0 aliphatic heterocycles. The minimum atomic E-state index is 0.769. The lowest BCUT2D eigenvalue weighted by Crippen LogP contribution is -2.39. The van der Waals surface area contributed by atoms with Crippen molar-refractivity contribution in [2.24, 2.45) is 4.99 Å². The van der Waals surface area contributed by atoms with Crippen LogP contribution in [0.1, 0.15) is 5.56 Å². The zero-order chi connectivity index (χ0) is 15.1. The molecule has 0 radical (unpaired) electrons. The maximum absolute atomic E-state index is 6.06. The van der Waals surface area contributed by atoms with Gasteiger partial charge in [0, 0.05) is 48.0 Å². The second kappa shape index (κ2) is 8.20. The highest BCUT2D eigenvalue weighted by molar-refractivity contribution is 7.98. The number of thioether (sulfide) groups is 1. The largest absolute Gasteiger partial charge is 0.361 e. The fourth-order valence-electron chi connectivity index (χ4n) is 2.17. The number of aromatic nitrogens is 1. The average Bonchev–Trinajstić information content (AvgIpc) is 2.88. The number of benzene rings is 1. The highest BCUT2D eigenvalue weighted by Crippen LogP contribution is 2.22. The number of rotatable bonds is 6. The Morgan fingerprint density at radius 1 is 1.33 bits per heavy atom. The molecule has 0 unspecified atom stereocenters. The van der Waals surface area contributed by atoms with Gasteiger partial charge in [-0.05, 0) is 36.4 Å². The molecule has 0 saturated carbocycles. The van der Waals surface area contributed by atoms with Gasteiger partial charge in [-0.15, -0.1) is 0 Å². The fourth-order valence-corrected chi connectivity index (χ4v) is 2.64. The summed E-state index contributed by atoms with van der Waals surface area (Å²) in [4.78, 5) is 7.49. The van der Waals surface area contributed by atoms with E-state index in [0.29, 0.717) is 0 Å². The molecule has 2 aromatic rings. The summed E-state index contributed by atoms with van der Waals surface area (Å²) in [6, 6.07) is 5.92. The number of hydrogen-bond acceptors (Lipinski definition) is 2. The maximum atomic E-state index is 6.06. The molecule has 21 heavy (non-hydrogen) atoms. The summed E-state index contributed by atoms with van der Waals surface area (Å²) in [5, 5.41) is 8.57. The first kappa shape index (κ1) is 16.0. The Labute approximate surface area is 134 Å². The number of guanidine groups is 1. The van der Waals surface area contributed by atoms with Gasteiger partial charge in [-0.1, -0.05) is 11.6 Å². The highest BCUT2D eigenvalue weighted by atomic mass is 35.5. The van der Waals surface area contributed by atoms with Crippen LogP contribution in [0.25, 0.3) is 10.9 Å². The van der Waals surface area contributed by atoms with Crippen LogP contribution in [0.2, 0.25) is 5.02 Å². The number of fused-ring (bicyclic) bond motifs is 1. The minimum Gasteiger partial charge on any atom is -0.361 e. The van der Waals surface area contributed by atoms with E-state index < -0.39 is 0 Å². The van der Waals surface area contributed by atoms with Gasteiger partial charge in [-0.2, -0.15) is 11.8 Å². The molecule has 0 aliphatic carbocycles. The number of nitrogens with one attached hydrogen (secondary N) is 3. The van der Waals surface area contributed by atoms with E-state index in [1.807, 2.05) is 36.2 Å². The molecule has 0 bridgehead atoms. The topological polar surface area (TPSA) is 52.2 Å². The van der Waals surface area contributed by atoms with Crippen LogP contribution in [-0.2, 0) is 6.42 Å². The van der Waals surface area contributed by atoms with Crippen molar-refractivity contribution in [1.82, 2.24) is 15.6 Å². The summed E-state index contributed by atoms with van der Waals surface area (Å²) in [6.07, 6.45) is 5.07. The zero-order valence-corrected chi connectivity index (χ0v) is 13.9. The third-order valence-corrected chi connectivity index (χ3v) is 4.09. The lowest BCUT2D eigenvalue weighted by atomic mass is 10.1. The molecule has 3 N–H and O–H groups in total. The highest BCUT2D eigenvalue weighted by Gasteiger charge is 2.04. The molecule has 0 aliphatic rings. The molecule has 114 valence electrons. The van der Waals surface area contributed by atoms with Gasteiger partial charge in [0.15, 0.2) is 5.96 Å². The van der Waals surface area contributed by atoms with Crippen molar-refractivity contribution >= 4 is 40.2 Å². The second-order valence-electron chi connectivity index (χ2n) is 4.67. The third kappa shape index (κ3) is 4.58. The first-order valence-corrected chi connectivity index (χ1v) is 8.70. The molecule has 1 heterocycles. The molecular formula is C15H21ClN4S. The van der Waals surface area contributed by atoms with Gasteiger partial charge in [-0.25, -0.2) is 0 Å². The SMILES string of the molecule is CN=C(NCCSC)NCCc1c[nH]c2ccc(Cl)cc12. The molecule has 1 aromatic carbocycles. The van der Waals surface area contributed by atoms with E-state index in [-0.39, 0.29) is 0 Å². The third-order valence-electron chi connectivity index (χ3n) is 3.24. The molecule has 2 rings (SSSR count). The molecule has 6 heteroatoms. The van der Waals surface area contributed by atoms with Gasteiger partial charge in [0.2, 0.25) is 0 Å². The van der Waals surface area contributed by atoms with Crippen molar-refractivity contribution in [3.8, 4) is 0 Å². The number of hydrogen-bond donors (Lipinski definition) is 3. The number of aromatic amines is 1. The first-order valence-electron chi connectivity index (χ1n) is 6.93. The molecule has 0 spiro atoms. The second-order valence-corrected chi connectivity index (χ2v) is 6.09. The quantitative estimate of drug-likeness (QED) is 0.435. The molecule has 0 atom stereocenters. The van der Waals surface area contributed by atoms with Crippen molar-refractivity contribution < 1.29 is 0 Å². The molecule has 0 amide bonds. The molecular weight excluding hydrogens is 304 g/mol. The van der Waals surface area contributed by atoms with E-state index in [9.17, 15) is 0 Å². The van der Waals surface area contributed by atoms with Crippen LogP contribution in [-0.4, -0.2) is 43.1 Å². The van der Waals surface area contributed by atoms with E-state index in [1.165, 1.54) is 10.9 Å². The lowest BCUT2D eigenvalue weighted by molar-refractivity contribution is 0.814. The number of H-pyrrole nitrogens is 1. The predicted molar refractivity (Wildman–Crippen MR) is 94.8 cm³/mol. The Hall–Kier alpha value is -1.33. The lowest BCUT2D eigenvalue weighted by Gasteiger charge is -2.11. The summed E-state index contributed by atoms with van der Waals surface area (Å²) < 4.78 is 0. The zero-order valence-electron chi connectivity index (χ0n) is 12.4. The van der Waals surface area contributed by atoms with Gasteiger partial charge in [-0.3, -0.25) is 4.99 Å². The smallest absolute Gasteiger partial charge is 0.191 e. The Morgan fingerprint density at radius 2 is 2.14 bits per heavy atom. The molecule has 1 aromatic heterocycles. The van der Waals surface area contributed by atoms with Crippen LogP contribution in [0.3, 0.4) is 0 Å². The molecule has 0 saturated heterocycles. The van der Waals surface area contributed by atoms with Gasteiger partial charge < -0.3 is 15.6 Å². The first-order chi connectivity index (χ1) is 10.2. The Bertz CT molecular complexity index is 609. The van der Waals surface area contributed by atoms with Gasteiger partial charge in [0.25, 0.3) is 0 Å². The fraction of sp³-hybridized carbons (Fsp3) is 0.400. The van der Waals surface area contributed by atoms with Gasteiger partial charge in [0.1, 0.15) is 0 Å². The predicted octanol–water partition coefficient (Wildman–Crippen LogP) is 2.89. The van der Waals surface area contributed by atoms with E-state index in [2.05, 4.69) is 26.9 Å². The van der Waals surface area contributed by atoms with Crippen molar-refractivity contribution in [1.29, 1.82) is 0 Å². The van der Waals surface area contributed by atoms with Crippen LogP contribution in [0.4, 0.5) is 0 Å². The van der Waals surface area contributed by atoms with Crippen LogP contribution in [0.15, 0.2) is 29.4 Å². The Morgan fingerprint density at radius 3 is 2.90 bits per heavy atom. The summed E-state index contributed by atoms with van der Waals surface area (Å²) in [5.41, 5.74) is 2.39. The van der Waals surface area contributed by atoms with Crippen LogP contribution in [0, 0.1) is 0 Å². The van der Waals surface area contributed by atoms with E-state index >= 15 is 0 Å². The summed E-state index contributed by atoms with van der Waals surface area (Å²) in [5.74, 6) is 1.92. The Kier molecular flexibility index (Phi) is 6.26. The maximum Gasteiger partial charge on any atom is 0.191 e. The number of aliphatic imine (C=N–C) groups is 1. The normalized spacial score (nSPS) is 11.9.